The number of aliphatic hydroxyl groups is 1. The molecule has 1 N–H and O–H groups in total. The van der Waals surface area contributed by atoms with Crippen LogP contribution in [0, 0.1) is 0 Å². The number of amides is 1. The average molecular weight is 430 g/mol. The molecule has 4 nitrogen and oxygen atoms in total. The maximum Gasteiger partial charge on any atom is 0.290 e. The van der Waals surface area contributed by atoms with E-state index in [0.717, 1.165) is 11.1 Å². The van der Waals surface area contributed by atoms with Gasteiger partial charge in [0.05, 0.1) is 11.6 Å². The van der Waals surface area contributed by atoms with Crippen molar-refractivity contribution in [1.29, 1.82) is 0 Å². The molecule has 5 heteroatoms. The Balaban J connectivity index is 1.74. The van der Waals surface area contributed by atoms with Crippen molar-refractivity contribution < 1.29 is 14.7 Å². The molecule has 1 aliphatic heterocycles. The minimum absolute atomic E-state index is 0.0289. The van der Waals surface area contributed by atoms with E-state index < -0.39 is 23.5 Å². The summed E-state index contributed by atoms with van der Waals surface area (Å²) in [5.41, 5.74) is 2.35. The van der Waals surface area contributed by atoms with Crippen LogP contribution in [0.15, 0.2) is 102 Å². The lowest BCUT2D eigenvalue weighted by Crippen LogP contribution is -2.30. The van der Waals surface area contributed by atoms with Crippen molar-refractivity contribution >= 4 is 29.4 Å². The van der Waals surface area contributed by atoms with E-state index in [0.29, 0.717) is 10.6 Å². The Bertz CT molecular complexity index is 1170. The molecule has 1 amide bonds. The van der Waals surface area contributed by atoms with Crippen LogP contribution in [-0.4, -0.2) is 21.7 Å². The summed E-state index contributed by atoms with van der Waals surface area (Å²) in [5, 5.41) is 11.1. The van der Waals surface area contributed by atoms with Crippen molar-refractivity contribution in [2.24, 2.45) is 0 Å². The van der Waals surface area contributed by atoms with Crippen molar-refractivity contribution in [3.8, 4) is 0 Å². The van der Waals surface area contributed by atoms with Gasteiger partial charge in [0, 0.05) is 11.6 Å². The van der Waals surface area contributed by atoms with Gasteiger partial charge in [0.2, 0.25) is 0 Å². The van der Waals surface area contributed by atoms with E-state index in [4.69, 9.17) is 11.6 Å². The van der Waals surface area contributed by atoms with Crippen LogP contribution in [0.1, 0.15) is 22.7 Å². The minimum Gasteiger partial charge on any atom is -0.503 e. The zero-order valence-electron chi connectivity index (χ0n) is 16.6. The summed E-state index contributed by atoms with van der Waals surface area (Å²) in [6, 6.07) is 25.1. The van der Waals surface area contributed by atoms with E-state index in [1.807, 2.05) is 60.7 Å². The molecular weight excluding hydrogens is 410 g/mol. The number of hydrogen-bond acceptors (Lipinski definition) is 3. The Morgan fingerprint density at radius 2 is 1.55 bits per heavy atom. The highest BCUT2D eigenvalue weighted by molar-refractivity contribution is 6.31. The highest BCUT2D eigenvalue weighted by Gasteiger charge is 2.43. The highest BCUT2D eigenvalue weighted by atomic mass is 35.5. The molecule has 0 saturated heterocycles. The quantitative estimate of drug-likeness (QED) is 0.525. The fraction of sp³-hybridized carbons (Fsp3) is 0.0769. The second-order valence-corrected chi connectivity index (χ2v) is 7.62. The molecule has 1 aliphatic rings. The van der Waals surface area contributed by atoms with E-state index in [-0.39, 0.29) is 12.1 Å². The van der Waals surface area contributed by atoms with Gasteiger partial charge in [0.1, 0.15) is 0 Å². The third-order valence-electron chi connectivity index (χ3n) is 5.19. The summed E-state index contributed by atoms with van der Waals surface area (Å²) in [6.45, 7) is 0.235. The SMILES string of the molecule is O=C(/C=C/c1ccccc1)C1=C(O)C(=O)N(Cc2ccccc2)[C@H]1c1ccccc1Cl. The predicted molar refractivity (Wildman–Crippen MR) is 121 cm³/mol. The number of aliphatic hydroxyl groups excluding tert-OH is 1. The van der Waals surface area contributed by atoms with E-state index >= 15 is 0 Å². The Kier molecular flexibility index (Phi) is 6.01. The molecular formula is C26H20ClNO3. The van der Waals surface area contributed by atoms with Crippen molar-refractivity contribution in [3.05, 3.63) is 124 Å². The molecule has 31 heavy (non-hydrogen) atoms. The Morgan fingerprint density at radius 1 is 0.935 bits per heavy atom. The fourth-order valence-corrected chi connectivity index (χ4v) is 3.93. The van der Waals surface area contributed by atoms with Crippen LogP contribution in [0.25, 0.3) is 6.08 Å². The number of halogens is 1. The van der Waals surface area contributed by atoms with E-state index in [1.165, 1.54) is 11.0 Å². The molecule has 0 spiro atoms. The lowest BCUT2D eigenvalue weighted by molar-refractivity contribution is -0.130. The van der Waals surface area contributed by atoms with Gasteiger partial charge in [-0.2, -0.15) is 0 Å². The minimum atomic E-state index is -0.783. The first kappa shape index (κ1) is 20.6. The molecule has 0 unspecified atom stereocenters. The number of benzene rings is 3. The molecule has 3 aromatic rings. The Labute approximate surface area is 185 Å². The largest absolute Gasteiger partial charge is 0.503 e. The van der Waals surface area contributed by atoms with Crippen molar-refractivity contribution in [3.63, 3.8) is 0 Å². The van der Waals surface area contributed by atoms with Crippen molar-refractivity contribution in [1.82, 2.24) is 4.90 Å². The summed E-state index contributed by atoms with van der Waals surface area (Å²) in [5.74, 6) is -1.57. The lowest BCUT2D eigenvalue weighted by Gasteiger charge is -2.27. The van der Waals surface area contributed by atoms with E-state index in [9.17, 15) is 14.7 Å². The Hall–Kier alpha value is -3.63. The van der Waals surface area contributed by atoms with Gasteiger partial charge < -0.3 is 10.0 Å². The number of nitrogens with zero attached hydrogens (tertiary/aromatic N) is 1. The monoisotopic (exact) mass is 429 g/mol. The van der Waals surface area contributed by atoms with Crippen molar-refractivity contribution in [2.45, 2.75) is 12.6 Å². The summed E-state index contributed by atoms with van der Waals surface area (Å²) < 4.78 is 0. The first-order valence-corrected chi connectivity index (χ1v) is 10.2. The van der Waals surface area contributed by atoms with Gasteiger partial charge in [-0.15, -0.1) is 0 Å². The Morgan fingerprint density at radius 3 is 2.23 bits per heavy atom. The number of hydrogen-bond donors (Lipinski definition) is 1. The van der Waals surface area contributed by atoms with Gasteiger partial charge in [-0.25, -0.2) is 0 Å². The molecule has 1 atom stereocenters. The number of allylic oxidation sites excluding steroid dienone is 1. The van der Waals surface area contributed by atoms with Gasteiger partial charge in [-0.05, 0) is 28.8 Å². The van der Waals surface area contributed by atoms with Crippen LogP contribution >= 0.6 is 11.6 Å². The van der Waals surface area contributed by atoms with Crippen LogP contribution in [0.5, 0.6) is 0 Å². The zero-order valence-corrected chi connectivity index (χ0v) is 17.4. The number of carbonyl (C=O) groups is 2. The van der Waals surface area contributed by atoms with Crippen LogP contribution in [-0.2, 0) is 16.1 Å². The first-order valence-electron chi connectivity index (χ1n) is 9.86. The normalized spacial score (nSPS) is 16.4. The second kappa shape index (κ2) is 9.02. The summed E-state index contributed by atoms with van der Waals surface area (Å²) in [6.07, 6.45) is 3.04. The van der Waals surface area contributed by atoms with Crippen LogP contribution in [0.3, 0.4) is 0 Å². The number of ketones is 1. The summed E-state index contributed by atoms with van der Waals surface area (Å²) in [4.78, 5) is 27.6. The average Bonchev–Trinajstić information content (AvgIpc) is 3.04. The third-order valence-corrected chi connectivity index (χ3v) is 5.54. The zero-order chi connectivity index (χ0) is 21.8. The van der Waals surface area contributed by atoms with Crippen molar-refractivity contribution in [2.75, 3.05) is 0 Å². The van der Waals surface area contributed by atoms with Gasteiger partial charge in [0.25, 0.3) is 5.91 Å². The van der Waals surface area contributed by atoms with Gasteiger partial charge >= 0.3 is 0 Å². The predicted octanol–water partition coefficient (Wildman–Crippen LogP) is 5.52. The van der Waals surface area contributed by atoms with Crippen LogP contribution in [0.4, 0.5) is 0 Å². The maximum absolute atomic E-state index is 13.1. The molecule has 3 aromatic carbocycles. The maximum atomic E-state index is 13.1. The molecule has 0 aromatic heterocycles. The fourth-order valence-electron chi connectivity index (χ4n) is 3.69. The smallest absolute Gasteiger partial charge is 0.290 e. The molecule has 0 saturated carbocycles. The number of rotatable bonds is 6. The van der Waals surface area contributed by atoms with Gasteiger partial charge in [-0.1, -0.05) is 96.5 Å². The summed E-state index contributed by atoms with van der Waals surface area (Å²) in [7, 11) is 0. The topological polar surface area (TPSA) is 57.6 Å². The molecule has 0 radical (unpaired) electrons. The first-order chi connectivity index (χ1) is 15.1. The second-order valence-electron chi connectivity index (χ2n) is 7.21. The lowest BCUT2D eigenvalue weighted by atomic mass is 9.95. The highest BCUT2D eigenvalue weighted by Crippen LogP contribution is 2.41. The number of carbonyl (C=O) groups excluding carboxylic acids is 2. The standard InChI is InChI=1S/C26H20ClNO3/c27-21-14-8-7-13-20(21)24-23(22(29)16-15-18-9-3-1-4-10-18)25(30)26(31)28(24)17-19-11-5-2-6-12-19/h1-16,24,30H,17H2/b16-15+/t24-/m0/s1. The van der Waals surface area contributed by atoms with Crippen LogP contribution < -0.4 is 0 Å². The molecule has 1 heterocycles. The molecule has 0 fully saturated rings. The van der Waals surface area contributed by atoms with Gasteiger partial charge in [0.15, 0.2) is 11.5 Å². The van der Waals surface area contributed by atoms with E-state index in [2.05, 4.69) is 0 Å². The summed E-state index contributed by atoms with van der Waals surface area (Å²) >= 11 is 6.44. The molecule has 154 valence electrons. The molecule has 0 aliphatic carbocycles. The van der Waals surface area contributed by atoms with E-state index in [1.54, 1.807) is 30.3 Å². The molecule has 0 bridgehead atoms. The third kappa shape index (κ3) is 4.30. The van der Waals surface area contributed by atoms with Gasteiger partial charge in [-0.3, -0.25) is 9.59 Å². The van der Waals surface area contributed by atoms with Crippen LogP contribution in [0.2, 0.25) is 5.02 Å². The molecule has 4 rings (SSSR count).